The van der Waals surface area contributed by atoms with Crippen LogP contribution in [0.2, 0.25) is 0 Å². The lowest BCUT2D eigenvalue weighted by atomic mass is 10.1. The number of ether oxygens (including phenoxy) is 1. The van der Waals surface area contributed by atoms with Crippen LogP contribution < -0.4 is 10.1 Å². The monoisotopic (exact) mass is 268 g/mol. The van der Waals surface area contributed by atoms with Crippen LogP contribution in [0.15, 0.2) is 18.2 Å². The van der Waals surface area contributed by atoms with Gasteiger partial charge in [-0.3, -0.25) is 10.1 Å². The van der Waals surface area contributed by atoms with Gasteiger partial charge < -0.3 is 15.2 Å². The largest absolute Gasteiger partial charge is 0.490 e. The third-order valence-corrected chi connectivity index (χ3v) is 2.92. The molecule has 1 atom stereocenters. The molecule has 0 saturated carbocycles. The molecular formula is C13H20N2O4. The molecule has 0 radical (unpaired) electrons. The fraction of sp³-hybridized carbons (Fsp3) is 0.538. The summed E-state index contributed by atoms with van der Waals surface area (Å²) in [5.41, 5.74) is -0.179. The van der Waals surface area contributed by atoms with E-state index in [0.29, 0.717) is 24.3 Å². The van der Waals surface area contributed by atoms with E-state index in [9.17, 15) is 15.2 Å². The maximum Gasteiger partial charge on any atom is 0.270 e. The smallest absolute Gasteiger partial charge is 0.270 e. The molecule has 106 valence electrons. The van der Waals surface area contributed by atoms with E-state index in [-0.39, 0.29) is 12.3 Å². The molecule has 0 aliphatic heterocycles. The van der Waals surface area contributed by atoms with E-state index in [4.69, 9.17) is 4.74 Å². The van der Waals surface area contributed by atoms with Crippen LogP contribution in [0.1, 0.15) is 25.8 Å². The number of aliphatic hydroxyl groups is 1. The highest BCUT2D eigenvalue weighted by Gasteiger charge is 2.20. The summed E-state index contributed by atoms with van der Waals surface area (Å²) < 4.78 is 5.57. The third-order valence-electron chi connectivity index (χ3n) is 2.92. The Morgan fingerprint density at radius 2 is 2.21 bits per heavy atom. The lowest BCUT2D eigenvalue weighted by molar-refractivity contribution is -0.384. The van der Waals surface area contributed by atoms with Crippen molar-refractivity contribution in [2.75, 3.05) is 13.7 Å². The summed E-state index contributed by atoms with van der Waals surface area (Å²) in [6, 6.07) is 4.44. The van der Waals surface area contributed by atoms with Crippen molar-refractivity contribution in [1.82, 2.24) is 5.32 Å². The molecule has 0 amide bonds. The quantitative estimate of drug-likeness (QED) is 0.582. The van der Waals surface area contributed by atoms with Gasteiger partial charge in [-0.05, 0) is 26.5 Å². The van der Waals surface area contributed by atoms with Crippen molar-refractivity contribution >= 4 is 5.69 Å². The molecule has 1 aromatic carbocycles. The van der Waals surface area contributed by atoms with E-state index < -0.39 is 10.5 Å². The van der Waals surface area contributed by atoms with Crippen molar-refractivity contribution < 1.29 is 14.8 Å². The van der Waals surface area contributed by atoms with Gasteiger partial charge in [-0.25, -0.2) is 0 Å². The lowest BCUT2D eigenvalue weighted by Crippen LogP contribution is -2.31. The Kier molecular flexibility index (Phi) is 5.26. The predicted molar refractivity (Wildman–Crippen MR) is 72.3 cm³/mol. The summed E-state index contributed by atoms with van der Waals surface area (Å²) in [7, 11) is 1.75. The van der Waals surface area contributed by atoms with Crippen molar-refractivity contribution in [2.24, 2.45) is 0 Å². The Hall–Kier alpha value is -1.66. The molecule has 0 heterocycles. The molecule has 1 unspecified atom stereocenters. The van der Waals surface area contributed by atoms with E-state index in [1.54, 1.807) is 20.0 Å². The zero-order valence-electron chi connectivity index (χ0n) is 11.5. The summed E-state index contributed by atoms with van der Waals surface area (Å²) in [6.45, 7) is 4.17. The number of nitro benzene ring substituents is 1. The van der Waals surface area contributed by atoms with Gasteiger partial charge in [-0.15, -0.1) is 0 Å². The Morgan fingerprint density at radius 3 is 2.74 bits per heavy atom. The molecule has 6 nitrogen and oxygen atoms in total. The van der Waals surface area contributed by atoms with Crippen LogP contribution in [-0.2, 0) is 6.54 Å². The second-order valence-corrected chi connectivity index (χ2v) is 4.72. The Balaban J connectivity index is 2.90. The van der Waals surface area contributed by atoms with Crippen molar-refractivity contribution in [3.63, 3.8) is 0 Å². The van der Waals surface area contributed by atoms with Crippen LogP contribution in [-0.4, -0.2) is 29.3 Å². The Morgan fingerprint density at radius 1 is 1.53 bits per heavy atom. The van der Waals surface area contributed by atoms with Gasteiger partial charge in [0.25, 0.3) is 5.69 Å². The predicted octanol–water partition coefficient (Wildman–Crippen LogP) is 1.85. The van der Waals surface area contributed by atoms with E-state index in [0.717, 1.165) is 0 Å². The first kappa shape index (κ1) is 15.4. The zero-order valence-corrected chi connectivity index (χ0v) is 11.5. The molecule has 19 heavy (non-hydrogen) atoms. The molecule has 0 aliphatic carbocycles. The zero-order chi connectivity index (χ0) is 14.5. The fourth-order valence-corrected chi connectivity index (χ4v) is 1.48. The van der Waals surface area contributed by atoms with Gasteiger partial charge in [-0.1, -0.05) is 6.92 Å². The first-order valence-electron chi connectivity index (χ1n) is 6.16. The van der Waals surface area contributed by atoms with Crippen molar-refractivity contribution in [1.29, 1.82) is 0 Å². The number of nitro groups is 1. The standard InChI is InChI=1S/C13H20N2O4/c1-4-13(2,16)9-19-12-6-5-11(15(17)18)7-10(12)8-14-3/h5-7,14,16H,4,8-9H2,1-3H3. The molecule has 0 saturated heterocycles. The molecule has 0 bridgehead atoms. The van der Waals surface area contributed by atoms with Crippen LogP contribution in [0.5, 0.6) is 5.75 Å². The van der Waals surface area contributed by atoms with Crippen molar-refractivity contribution in [2.45, 2.75) is 32.4 Å². The van der Waals surface area contributed by atoms with Gasteiger partial charge in [0.1, 0.15) is 12.4 Å². The number of non-ortho nitro benzene ring substituents is 1. The van der Waals surface area contributed by atoms with E-state index >= 15 is 0 Å². The van der Waals surface area contributed by atoms with E-state index in [1.165, 1.54) is 12.1 Å². The molecule has 1 rings (SSSR count). The van der Waals surface area contributed by atoms with Gasteiger partial charge in [0.05, 0.1) is 10.5 Å². The molecule has 6 heteroatoms. The van der Waals surface area contributed by atoms with Crippen LogP contribution in [0.4, 0.5) is 5.69 Å². The topological polar surface area (TPSA) is 84.6 Å². The first-order chi connectivity index (χ1) is 8.89. The second kappa shape index (κ2) is 6.49. The van der Waals surface area contributed by atoms with E-state index in [1.807, 2.05) is 6.92 Å². The average molecular weight is 268 g/mol. The van der Waals surface area contributed by atoms with Crippen molar-refractivity contribution in [3.05, 3.63) is 33.9 Å². The van der Waals surface area contributed by atoms with Crippen LogP contribution in [0, 0.1) is 10.1 Å². The highest BCUT2D eigenvalue weighted by molar-refractivity contribution is 5.43. The SMILES string of the molecule is CCC(C)(O)COc1ccc([N+](=O)[O-])cc1CNC. The number of nitrogens with one attached hydrogen (secondary N) is 1. The molecule has 0 aliphatic rings. The molecular weight excluding hydrogens is 248 g/mol. The number of hydrogen-bond acceptors (Lipinski definition) is 5. The fourth-order valence-electron chi connectivity index (χ4n) is 1.48. The Labute approximate surface area is 112 Å². The lowest BCUT2D eigenvalue weighted by Gasteiger charge is -2.22. The molecule has 1 aromatic rings. The third kappa shape index (κ3) is 4.50. The summed E-state index contributed by atoms with van der Waals surface area (Å²) >= 11 is 0. The molecule has 0 fully saturated rings. The second-order valence-electron chi connectivity index (χ2n) is 4.72. The molecule has 0 aromatic heterocycles. The number of hydrogen-bond donors (Lipinski definition) is 2. The first-order valence-corrected chi connectivity index (χ1v) is 6.16. The summed E-state index contributed by atoms with van der Waals surface area (Å²) in [6.07, 6.45) is 0.571. The van der Waals surface area contributed by atoms with Gasteiger partial charge in [0, 0.05) is 24.2 Å². The van der Waals surface area contributed by atoms with Crippen LogP contribution >= 0.6 is 0 Å². The van der Waals surface area contributed by atoms with Gasteiger partial charge in [-0.2, -0.15) is 0 Å². The minimum atomic E-state index is -0.904. The van der Waals surface area contributed by atoms with Crippen LogP contribution in [0.25, 0.3) is 0 Å². The van der Waals surface area contributed by atoms with E-state index in [2.05, 4.69) is 5.32 Å². The minimum absolute atomic E-state index is 0.0276. The summed E-state index contributed by atoms with van der Waals surface area (Å²) in [5.74, 6) is 0.550. The maximum absolute atomic E-state index is 10.7. The maximum atomic E-state index is 10.7. The number of nitrogens with zero attached hydrogens (tertiary/aromatic N) is 1. The number of rotatable bonds is 7. The average Bonchev–Trinajstić information content (AvgIpc) is 2.37. The van der Waals surface area contributed by atoms with Crippen LogP contribution in [0.3, 0.4) is 0 Å². The Bertz CT molecular complexity index is 446. The summed E-state index contributed by atoms with van der Waals surface area (Å²) in [5, 5.41) is 23.6. The van der Waals surface area contributed by atoms with Crippen molar-refractivity contribution in [3.8, 4) is 5.75 Å². The minimum Gasteiger partial charge on any atom is -0.490 e. The normalized spacial score (nSPS) is 13.9. The number of benzene rings is 1. The highest BCUT2D eigenvalue weighted by atomic mass is 16.6. The molecule has 0 spiro atoms. The molecule has 2 N–H and O–H groups in total. The highest BCUT2D eigenvalue weighted by Crippen LogP contribution is 2.25. The van der Waals surface area contributed by atoms with Gasteiger partial charge in [0.2, 0.25) is 0 Å². The summed E-state index contributed by atoms with van der Waals surface area (Å²) in [4.78, 5) is 10.3. The van der Waals surface area contributed by atoms with Gasteiger partial charge >= 0.3 is 0 Å². The van der Waals surface area contributed by atoms with Gasteiger partial charge in [0.15, 0.2) is 0 Å².